The Hall–Kier alpha value is -2.74. The van der Waals surface area contributed by atoms with E-state index in [9.17, 15) is 4.79 Å². The Labute approximate surface area is 137 Å². The Morgan fingerprint density at radius 2 is 2.26 bits per heavy atom. The molecule has 3 aromatic rings. The molecular formula is C15H16N6OS. The van der Waals surface area contributed by atoms with Crippen LogP contribution in [0.1, 0.15) is 5.01 Å². The van der Waals surface area contributed by atoms with Crippen LogP contribution in [0.2, 0.25) is 0 Å². The molecule has 1 aromatic carbocycles. The van der Waals surface area contributed by atoms with Gasteiger partial charge < -0.3 is 10.6 Å². The van der Waals surface area contributed by atoms with Gasteiger partial charge in [0.1, 0.15) is 6.33 Å². The number of nitrogens with one attached hydrogen (secondary N) is 2. The first kappa shape index (κ1) is 15.2. The molecule has 0 atom stereocenters. The zero-order valence-corrected chi connectivity index (χ0v) is 13.4. The van der Waals surface area contributed by atoms with Gasteiger partial charge in [-0.05, 0) is 12.1 Å². The van der Waals surface area contributed by atoms with E-state index in [1.165, 1.54) is 0 Å². The van der Waals surface area contributed by atoms with Gasteiger partial charge in [-0.3, -0.25) is 4.68 Å². The highest BCUT2D eigenvalue weighted by atomic mass is 32.1. The molecule has 0 radical (unpaired) electrons. The van der Waals surface area contributed by atoms with Gasteiger partial charge in [0, 0.05) is 42.8 Å². The van der Waals surface area contributed by atoms with Gasteiger partial charge in [-0.1, -0.05) is 12.1 Å². The van der Waals surface area contributed by atoms with E-state index in [0.29, 0.717) is 18.1 Å². The molecule has 0 aliphatic rings. The number of rotatable bonds is 5. The van der Waals surface area contributed by atoms with Gasteiger partial charge in [-0.25, -0.2) is 14.8 Å². The highest BCUT2D eigenvalue weighted by Crippen LogP contribution is 2.18. The molecule has 0 spiro atoms. The highest BCUT2D eigenvalue weighted by Gasteiger charge is 2.06. The Kier molecular flexibility index (Phi) is 4.62. The fourth-order valence-electron chi connectivity index (χ4n) is 2.04. The first-order valence-corrected chi connectivity index (χ1v) is 7.98. The number of aromatic nitrogens is 4. The molecule has 0 fully saturated rings. The first-order valence-electron chi connectivity index (χ1n) is 7.10. The molecule has 0 bridgehead atoms. The van der Waals surface area contributed by atoms with Crippen molar-refractivity contribution in [3.05, 3.63) is 47.2 Å². The zero-order valence-electron chi connectivity index (χ0n) is 12.6. The van der Waals surface area contributed by atoms with Crippen LogP contribution in [0.5, 0.6) is 0 Å². The van der Waals surface area contributed by atoms with E-state index < -0.39 is 0 Å². The van der Waals surface area contributed by atoms with Crippen molar-refractivity contribution in [1.29, 1.82) is 0 Å². The van der Waals surface area contributed by atoms with E-state index in [2.05, 4.69) is 25.7 Å². The van der Waals surface area contributed by atoms with Gasteiger partial charge in [0.2, 0.25) is 0 Å². The molecule has 2 aromatic heterocycles. The Morgan fingerprint density at radius 1 is 1.35 bits per heavy atom. The second kappa shape index (κ2) is 7.01. The summed E-state index contributed by atoms with van der Waals surface area (Å²) in [5, 5.41) is 12.8. The summed E-state index contributed by atoms with van der Waals surface area (Å²) < 4.78 is 1.64. The maximum Gasteiger partial charge on any atom is 0.319 e. The lowest BCUT2D eigenvalue weighted by Crippen LogP contribution is -2.30. The number of aryl methyl sites for hydroxylation is 1. The lowest BCUT2D eigenvalue weighted by atomic mass is 10.2. The Morgan fingerprint density at radius 3 is 3.00 bits per heavy atom. The standard InChI is InChI=1S/C15H16N6OS/c1-21-10-18-14(20-21)11-3-2-4-12(9-11)19-15(22)17-6-5-13-16-7-8-23-13/h2-4,7-10H,5-6H2,1H3,(H2,17,19,22). The minimum atomic E-state index is -0.243. The van der Waals surface area contributed by atoms with Crippen molar-refractivity contribution in [1.82, 2.24) is 25.1 Å². The second-order valence-electron chi connectivity index (χ2n) is 4.88. The van der Waals surface area contributed by atoms with Crippen LogP contribution in [0.3, 0.4) is 0 Å². The van der Waals surface area contributed by atoms with Gasteiger partial charge in [0.25, 0.3) is 0 Å². The van der Waals surface area contributed by atoms with Crippen molar-refractivity contribution < 1.29 is 4.79 Å². The van der Waals surface area contributed by atoms with Crippen molar-refractivity contribution in [3.8, 4) is 11.4 Å². The number of thiazole rings is 1. The van der Waals surface area contributed by atoms with Crippen molar-refractivity contribution >= 4 is 23.1 Å². The van der Waals surface area contributed by atoms with Gasteiger partial charge in [-0.2, -0.15) is 5.10 Å². The summed E-state index contributed by atoms with van der Waals surface area (Å²) in [7, 11) is 1.81. The number of urea groups is 1. The minimum Gasteiger partial charge on any atom is -0.337 e. The van der Waals surface area contributed by atoms with Gasteiger partial charge in [0.05, 0.1) is 5.01 Å². The third-order valence-electron chi connectivity index (χ3n) is 3.09. The average molecular weight is 328 g/mol. The van der Waals surface area contributed by atoms with Crippen LogP contribution in [0.25, 0.3) is 11.4 Å². The lowest BCUT2D eigenvalue weighted by molar-refractivity contribution is 0.252. The Bertz CT molecular complexity index is 783. The molecule has 23 heavy (non-hydrogen) atoms. The number of carbonyl (C=O) groups excluding carboxylic acids is 1. The largest absolute Gasteiger partial charge is 0.337 e. The molecule has 118 valence electrons. The van der Waals surface area contributed by atoms with E-state index in [0.717, 1.165) is 17.0 Å². The number of carbonyl (C=O) groups is 1. The summed E-state index contributed by atoms with van der Waals surface area (Å²) in [5.74, 6) is 0.625. The molecule has 2 amide bonds. The molecule has 2 heterocycles. The predicted octanol–water partition coefficient (Wildman–Crippen LogP) is 2.30. The number of nitrogens with zero attached hydrogens (tertiary/aromatic N) is 4. The topological polar surface area (TPSA) is 84.7 Å². The van der Waals surface area contributed by atoms with Gasteiger partial charge in [-0.15, -0.1) is 11.3 Å². The number of hydrogen-bond donors (Lipinski definition) is 2. The number of benzene rings is 1. The average Bonchev–Trinajstić information content (AvgIpc) is 3.19. The van der Waals surface area contributed by atoms with E-state index in [4.69, 9.17) is 0 Å². The lowest BCUT2D eigenvalue weighted by Gasteiger charge is -2.07. The highest BCUT2D eigenvalue weighted by molar-refractivity contribution is 7.09. The summed E-state index contributed by atoms with van der Waals surface area (Å²) in [4.78, 5) is 20.3. The summed E-state index contributed by atoms with van der Waals surface area (Å²) in [6.07, 6.45) is 4.13. The minimum absolute atomic E-state index is 0.243. The SMILES string of the molecule is Cn1cnc(-c2cccc(NC(=O)NCCc3nccs3)c2)n1. The van der Waals surface area contributed by atoms with Gasteiger partial charge >= 0.3 is 6.03 Å². The zero-order chi connectivity index (χ0) is 16.1. The summed E-state index contributed by atoms with van der Waals surface area (Å²) in [6, 6.07) is 7.19. The van der Waals surface area contributed by atoms with Crippen molar-refractivity contribution in [3.63, 3.8) is 0 Å². The number of hydrogen-bond acceptors (Lipinski definition) is 5. The third-order valence-corrected chi connectivity index (χ3v) is 3.93. The molecule has 0 aliphatic carbocycles. The van der Waals surface area contributed by atoms with E-state index in [1.54, 1.807) is 28.5 Å². The molecule has 2 N–H and O–H groups in total. The van der Waals surface area contributed by atoms with Crippen molar-refractivity contribution in [2.45, 2.75) is 6.42 Å². The predicted molar refractivity (Wildman–Crippen MR) is 89.3 cm³/mol. The summed E-state index contributed by atoms with van der Waals surface area (Å²) >= 11 is 1.58. The normalized spacial score (nSPS) is 10.5. The molecule has 7 nitrogen and oxygen atoms in total. The Balaban J connectivity index is 1.56. The maximum atomic E-state index is 11.9. The number of anilines is 1. The van der Waals surface area contributed by atoms with E-state index >= 15 is 0 Å². The van der Waals surface area contributed by atoms with Crippen LogP contribution in [0.15, 0.2) is 42.2 Å². The van der Waals surface area contributed by atoms with E-state index in [1.807, 2.05) is 36.7 Å². The second-order valence-corrected chi connectivity index (χ2v) is 5.86. The van der Waals surface area contributed by atoms with Gasteiger partial charge in [0.15, 0.2) is 5.82 Å². The monoisotopic (exact) mass is 328 g/mol. The molecule has 0 saturated carbocycles. The fraction of sp³-hybridized carbons (Fsp3) is 0.200. The molecule has 0 aliphatic heterocycles. The number of amides is 2. The smallest absolute Gasteiger partial charge is 0.319 e. The van der Waals surface area contributed by atoms with Crippen LogP contribution in [0, 0.1) is 0 Å². The molecule has 3 rings (SSSR count). The summed E-state index contributed by atoms with van der Waals surface area (Å²) in [6.45, 7) is 0.542. The molecule has 0 saturated heterocycles. The first-order chi connectivity index (χ1) is 11.2. The molecule has 0 unspecified atom stereocenters. The van der Waals surface area contributed by atoms with Crippen LogP contribution < -0.4 is 10.6 Å². The fourth-order valence-corrected chi connectivity index (χ4v) is 2.66. The maximum absolute atomic E-state index is 11.9. The van der Waals surface area contributed by atoms with Crippen molar-refractivity contribution in [2.75, 3.05) is 11.9 Å². The van der Waals surface area contributed by atoms with Crippen LogP contribution >= 0.6 is 11.3 Å². The summed E-state index contributed by atoms with van der Waals surface area (Å²) in [5.41, 5.74) is 1.55. The van der Waals surface area contributed by atoms with Crippen LogP contribution in [0.4, 0.5) is 10.5 Å². The molecule has 8 heteroatoms. The quantitative estimate of drug-likeness (QED) is 0.752. The third kappa shape index (κ3) is 4.13. The van der Waals surface area contributed by atoms with Crippen LogP contribution in [-0.4, -0.2) is 32.3 Å². The van der Waals surface area contributed by atoms with E-state index in [-0.39, 0.29) is 6.03 Å². The van der Waals surface area contributed by atoms with Crippen molar-refractivity contribution in [2.24, 2.45) is 7.05 Å². The molecular weight excluding hydrogens is 312 g/mol. The van der Waals surface area contributed by atoms with Crippen LogP contribution in [-0.2, 0) is 13.5 Å².